The van der Waals surface area contributed by atoms with Crippen molar-refractivity contribution in [1.29, 1.82) is 0 Å². The van der Waals surface area contributed by atoms with Crippen molar-refractivity contribution in [3.05, 3.63) is 23.5 Å². The number of ether oxygens (including phenoxy) is 1. The average molecular weight is 215 g/mol. The summed E-state index contributed by atoms with van der Waals surface area (Å²) in [5.74, 6) is 2.27. The highest BCUT2D eigenvalue weighted by Crippen LogP contribution is 2.27. The molecular weight excluding hydrogens is 196 g/mol. The van der Waals surface area contributed by atoms with Gasteiger partial charge in [-0.05, 0) is 24.3 Å². The van der Waals surface area contributed by atoms with Gasteiger partial charge in [0.15, 0.2) is 0 Å². The third kappa shape index (κ3) is 3.06. The van der Waals surface area contributed by atoms with Gasteiger partial charge < -0.3 is 4.74 Å². The van der Waals surface area contributed by atoms with E-state index in [4.69, 9.17) is 16.3 Å². The fourth-order valence-corrected chi connectivity index (χ4v) is 1.90. The summed E-state index contributed by atoms with van der Waals surface area (Å²) in [7, 11) is 1.76. The minimum Gasteiger partial charge on any atom is -0.501 e. The van der Waals surface area contributed by atoms with Crippen molar-refractivity contribution in [1.82, 2.24) is 0 Å². The van der Waals surface area contributed by atoms with Crippen LogP contribution in [0.25, 0.3) is 0 Å². The van der Waals surface area contributed by atoms with Gasteiger partial charge in [-0.25, -0.2) is 0 Å². The molecule has 0 aromatic heterocycles. The lowest BCUT2D eigenvalue weighted by Crippen LogP contribution is -2.08. The highest BCUT2D eigenvalue weighted by Gasteiger charge is 2.15. The van der Waals surface area contributed by atoms with Crippen LogP contribution >= 0.6 is 11.6 Å². The highest BCUT2D eigenvalue weighted by molar-refractivity contribution is 6.18. The second kappa shape index (κ2) is 6.13. The van der Waals surface area contributed by atoms with Crippen molar-refractivity contribution in [3.63, 3.8) is 0 Å². The number of rotatable bonds is 5. The summed E-state index contributed by atoms with van der Waals surface area (Å²) < 4.78 is 5.40. The molecule has 1 aliphatic carbocycles. The topological polar surface area (TPSA) is 9.23 Å². The summed E-state index contributed by atoms with van der Waals surface area (Å²) in [4.78, 5) is 0. The van der Waals surface area contributed by atoms with Crippen LogP contribution in [0.3, 0.4) is 0 Å². The van der Waals surface area contributed by atoms with E-state index in [1.54, 1.807) is 7.11 Å². The Labute approximate surface area is 91.8 Å². The second-order valence-corrected chi connectivity index (χ2v) is 4.04. The Morgan fingerprint density at radius 1 is 1.57 bits per heavy atom. The van der Waals surface area contributed by atoms with Crippen LogP contribution in [0.15, 0.2) is 23.5 Å². The van der Waals surface area contributed by atoms with Crippen molar-refractivity contribution in [2.24, 2.45) is 5.92 Å². The summed E-state index contributed by atoms with van der Waals surface area (Å²) >= 11 is 5.83. The molecule has 0 fully saturated rings. The molecule has 0 N–H and O–H groups in total. The van der Waals surface area contributed by atoms with Crippen LogP contribution in [0.2, 0.25) is 0 Å². The van der Waals surface area contributed by atoms with Crippen LogP contribution < -0.4 is 0 Å². The van der Waals surface area contributed by atoms with Gasteiger partial charge in [0.05, 0.1) is 12.9 Å². The van der Waals surface area contributed by atoms with E-state index in [2.05, 4.69) is 19.1 Å². The molecule has 0 aliphatic heterocycles. The van der Waals surface area contributed by atoms with E-state index in [1.165, 1.54) is 18.4 Å². The Balaban J connectivity index is 2.61. The van der Waals surface area contributed by atoms with Gasteiger partial charge in [-0.2, -0.15) is 0 Å². The number of hydrogen-bond acceptors (Lipinski definition) is 1. The molecule has 80 valence electrons. The maximum Gasteiger partial charge on any atom is 0.0993 e. The van der Waals surface area contributed by atoms with Crippen molar-refractivity contribution in [2.45, 2.75) is 32.6 Å². The van der Waals surface area contributed by atoms with Gasteiger partial charge in [0.25, 0.3) is 0 Å². The van der Waals surface area contributed by atoms with Crippen LogP contribution in [0, 0.1) is 5.92 Å². The monoisotopic (exact) mass is 214 g/mol. The molecule has 0 heterocycles. The molecule has 0 bridgehead atoms. The van der Waals surface area contributed by atoms with Crippen LogP contribution in [-0.2, 0) is 4.74 Å². The normalized spacial score (nSPS) is 21.5. The average Bonchev–Trinajstić information content (AvgIpc) is 2.26. The van der Waals surface area contributed by atoms with Gasteiger partial charge in [-0.3, -0.25) is 0 Å². The van der Waals surface area contributed by atoms with Gasteiger partial charge in [-0.15, -0.1) is 11.6 Å². The number of methoxy groups -OCH3 is 1. The van der Waals surface area contributed by atoms with Gasteiger partial charge in [-0.1, -0.05) is 25.5 Å². The number of hydrogen-bond donors (Lipinski definition) is 0. The summed E-state index contributed by atoms with van der Waals surface area (Å²) in [5, 5.41) is 0. The van der Waals surface area contributed by atoms with Gasteiger partial charge >= 0.3 is 0 Å². The number of unbranched alkanes of at least 4 members (excludes halogenated alkanes) is 1. The molecule has 1 nitrogen and oxygen atoms in total. The molecule has 14 heavy (non-hydrogen) atoms. The van der Waals surface area contributed by atoms with E-state index in [0.29, 0.717) is 11.8 Å². The standard InChI is InChI=1S/C12H19ClO/c1-3-4-5-11-7-6-10(9-13)8-12(11)14-2/h6-7,10H,3-5,8-9H2,1-2H3. The molecule has 0 aromatic carbocycles. The lowest BCUT2D eigenvalue weighted by molar-refractivity contribution is 0.262. The van der Waals surface area contributed by atoms with Crippen molar-refractivity contribution in [3.8, 4) is 0 Å². The minimum absolute atomic E-state index is 0.456. The Kier molecular flexibility index (Phi) is 5.10. The molecule has 0 saturated heterocycles. The summed E-state index contributed by atoms with van der Waals surface area (Å²) in [6, 6.07) is 0. The lowest BCUT2D eigenvalue weighted by atomic mass is 9.94. The minimum atomic E-state index is 0.456. The van der Waals surface area contributed by atoms with E-state index in [-0.39, 0.29) is 0 Å². The molecule has 0 aromatic rings. The Morgan fingerprint density at radius 3 is 2.93 bits per heavy atom. The van der Waals surface area contributed by atoms with E-state index in [0.717, 1.165) is 18.6 Å². The Morgan fingerprint density at radius 2 is 2.36 bits per heavy atom. The van der Waals surface area contributed by atoms with E-state index in [9.17, 15) is 0 Å². The molecule has 0 saturated carbocycles. The molecule has 1 atom stereocenters. The molecule has 1 aliphatic rings. The fraction of sp³-hybridized carbons (Fsp3) is 0.667. The SMILES string of the molecule is CCCCC1=C(OC)CC(CCl)C=C1. The largest absolute Gasteiger partial charge is 0.501 e. The molecule has 1 rings (SSSR count). The maximum absolute atomic E-state index is 5.83. The van der Waals surface area contributed by atoms with Crippen LogP contribution in [-0.4, -0.2) is 13.0 Å². The zero-order chi connectivity index (χ0) is 10.4. The first kappa shape index (κ1) is 11.6. The number of halogens is 1. The zero-order valence-corrected chi connectivity index (χ0v) is 9.81. The van der Waals surface area contributed by atoms with Crippen LogP contribution in [0.1, 0.15) is 32.6 Å². The summed E-state index contributed by atoms with van der Waals surface area (Å²) in [5.41, 5.74) is 1.36. The fourth-order valence-electron chi connectivity index (χ4n) is 1.69. The molecule has 1 unspecified atom stereocenters. The van der Waals surface area contributed by atoms with Gasteiger partial charge in [0.1, 0.15) is 0 Å². The first-order valence-corrected chi connectivity index (χ1v) is 5.85. The lowest BCUT2D eigenvalue weighted by Gasteiger charge is -2.20. The first-order chi connectivity index (χ1) is 6.81. The van der Waals surface area contributed by atoms with E-state index in [1.807, 2.05) is 0 Å². The number of alkyl halides is 1. The van der Waals surface area contributed by atoms with Crippen LogP contribution in [0.5, 0.6) is 0 Å². The highest BCUT2D eigenvalue weighted by atomic mass is 35.5. The van der Waals surface area contributed by atoms with E-state index < -0.39 is 0 Å². The predicted octanol–water partition coefficient (Wildman–Crippen LogP) is 3.89. The Hall–Kier alpha value is -0.430. The molecule has 0 amide bonds. The zero-order valence-electron chi connectivity index (χ0n) is 9.05. The number of allylic oxidation sites excluding steroid dienone is 4. The quantitative estimate of drug-likeness (QED) is 0.631. The van der Waals surface area contributed by atoms with Crippen molar-refractivity contribution < 1.29 is 4.74 Å². The molecule has 0 spiro atoms. The second-order valence-electron chi connectivity index (χ2n) is 3.73. The molecule has 0 radical (unpaired) electrons. The van der Waals surface area contributed by atoms with Crippen LogP contribution in [0.4, 0.5) is 0 Å². The molecule has 2 heteroatoms. The van der Waals surface area contributed by atoms with E-state index >= 15 is 0 Å². The molecular formula is C12H19ClO. The first-order valence-electron chi connectivity index (χ1n) is 5.32. The summed E-state index contributed by atoms with van der Waals surface area (Å²) in [6.45, 7) is 2.21. The van der Waals surface area contributed by atoms with Crippen molar-refractivity contribution in [2.75, 3.05) is 13.0 Å². The maximum atomic E-state index is 5.83. The smallest absolute Gasteiger partial charge is 0.0993 e. The summed E-state index contributed by atoms with van der Waals surface area (Å²) in [6.07, 6.45) is 8.96. The van der Waals surface area contributed by atoms with Crippen molar-refractivity contribution >= 4 is 11.6 Å². The predicted molar refractivity (Wildman–Crippen MR) is 61.5 cm³/mol. The Bertz CT molecular complexity index is 230. The van der Waals surface area contributed by atoms with Gasteiger partial charge in [0.2, 0.25) is 0 Å². The third-order valence-electron chi connectivity index (χ3n) is 2.62. The third-order valence-corrected chi connectivity index (χ3v) is 3.02. The van der Waals surface area contributed by atoms with Gasteiger partial charge in [0, 0.05) is 12.3 Å².